The van der Waals surface area contributed by atoms with Crippen LogP contribution in [-0.4, -0.2) is 19.9 Å². The van der Waals surface area contributed by atoms with Crippen LogP contribution in [0.3, 0.4) is 0 Å². The average Bonchev–Trinajstić information content (AvgIpc) is 2.55. The molecule has 0 heterocycles. The lowest BCUT2D eigenvalue weighted by molar-refractivity contribution is -0.384. The molecule has 0 aliphatic rings. The molecule has 0 unspecified atom stereocenters. The van der Waals surface area contributed by atoms with Crippen molar-refractivity contribution >= 4 is 15.7 Å². The summed E-state index contributed by atoms with van der Waals surface area (Å²) in [6.07, 6.45) is 0. The first-order valence-electron chi connectivity index (χ1n) is 7.33. The van der Waals surface area contributed by atoms with Crippen LogP contribution >= 0.6 is 0 Å². The van der Waals surface area contributed by atoms with E-state index >= 15 is 0 Å². The van der Waals surface area contributed by atoms with Crippen LogP contribution in [0.5, 0.6) is 5.75 Å². The molecule has 2 rings (SSSR count). The number of nitro groups is 1. The van der Waals surface area contributed by atoms with Gasteiger partial charge in [0, 0.05) is 18.2 Å². The Balaban J connectivity index is 2.14. The van der Waals surface area contributed by atoms with Gasteiger partial charge in [-0.2, -0.15) is 0 Å². The molecule has 2 aromatic rings. The van der Waals surface area contributed by atoms with Crippen molar-refractivity contribution in [3.05, 3.63) is 64.2 Å². The van der Waals surface area contributed by atoms with Crippen LogP contribution in [0.4, 0.5) is 5.69 Å². The summed E-state index contributed by atoms with van der Waals surface area (Å²) in [5.41, 5.74) is 0.623. The second-order valence-corrected chi connectivity index (χ2v) is 6.81. The first-order valence-corrected chi connectivity index (χ1v) is 8.81. The number of nitrogens with zero attached hydrogens (tertiary/aromatic N) is 1. The lowest BCUT2D eigenvalue weighted by atomic mass is 10.1. The van der Waals surface area contributed by atoms with Gasteiger partial charge in [-0.25, -0.2) is 13.1 Å². The molecule has 0 aliphatic heterocycles. The van der Waals surface area contributed by atoms with Gasteiger partial charge in [0.15, 0.2) is 0 Å². The molecule has 7 nitrogen and oxygen atoms in total. The summed E-state index contributed by atoms with van der Waals surface area (Å²) >= 11 is 0. The van der Waals surface area contributed by atoms with E-state index in [1.165, 1.54) is 12.1 Å². The van der Waals surface area contributed by atoms with E-state index in [0.717, 1.165) is 17.7 Å². The van der Waals surface area contributed by atoms with Gasteiger partial charge in [0.25, 0.3) is 5.69 Å². The van der Waals surface area contributed by atoms with E-state index in [0.29, 0.717) is 12.4 Å². The van der Waals surface area contributed by atoms with E-state index < -0.39 is 21.0 Å². The molecule has 0 bridgehead atoms. The van der Waals surface area contributed by atoms with Gasteiger partial charge in [0.1, 0.15) is 5.75 Å². The van der Waals surface area contributed by atoms with Gasteiger partial charge in [-0.05, 0) is 43.7 Å². The third-order valence-corrected chi connectivity index (χ3v) is 4.94. The molecule has 0 spiro atoms. The van der Waals surface area contributed by atoms with Gasteiger partial charge in [0.05, 0.1) is 16.4 Å². The van der Waals surface area contributed by atoms with Crippen molar-refractivity contribution < 1.29 is 18.1 Å². The number of rotatable bonds is 7. The smallest absolute Gasteiger partial charge is 0.269 e. The van der Waals surface area contributed by atoms with Crippen LogP contribution < -0.4 is 9.46 Å². The molecular formula is C16H18N2O5S. The highest BCUT2D eigenvalue weighted by Crippen LogP contribution is 2.21. The van der Waals surface area contributed by atoms with E-state index in [2.05, 4.69) is 4.72 Å². The molecule has 0 amide bonds. The summed E-state index contributed by atoms with van der Waals surface area (Å²) in [5.74, 6) is 0.715. The van der Waals surface area contributed by atoms with E-state index in [-0.39, 0.29) is 10.6 Å². The Bertz CT molecular complexity index is 801. The largest absolute Gasteiger partial charge is 0.494 e. The molecule has 8 heteroatoms. The van der Waals surface area contributed by atoms with Gasteiger partial charge in [-0.1, -0.05) is 12.1 Å². The zero-order valence-electron chi connectivity index (χ0n) is 13.3. The molecule has 1 N–H and O–H groups in total. The predicted molar refractivity (Wildman–Crippen MR) is 89.4 cm³/mol. The van der Waals surface area contributed by atoms with Crippen LogP contribution in [0.25, 0.3) is 0 Å². The lowest BCUT2D eigenvalue weighted by Gasteiger charge is -2.15. The molecule has 0 fully saturated rings. The quantitative estimate of drug-likeness (QED) is 0.611. The summed E-state index contributed by atoms with van der Waals surface area (Å²) in [4.78, 5) is 10.0. The van der Waals surface area contributed by atoms with Crippen LogP contribution in [0.15, 0.2) is 53.4 Å². The Kier molecular flexibility index (Phi) is 5.53. The van der Waals surface area contributed by atoms with E-state index in [4.69, 9.17) is 4.74 Å². The maximum atomic E-state index is 12.4. The van der Waals surface area contributed by atoms with Crippen LogP contribution in [0.2, 0.25) is 0 Å². The highest BCUT2D eigenvalue weighted by atomic mass is 32.2. The highest BCUT2D eigenvalue weighted by Gasteiger charge is 2.19. The predicted octanol–water partition coefficient (Wildman–Crippen LogP) is 3.03. The average molecular weight is 350 g/mol. The normalized spacial score (nSPS) is 12.6. The molecule has 0 aromatic heterocycles. The Morgan fingerprint density at radius 2 is 1.71 bits per heavy atom. The van der Waals surface area contributed by atoms with Gasteiger partial charge >= 0.3 is 0 Å². The summed E-state index contributed by atoms with van der Waals surface area (Å²) in [5, 5.41) is 10.6. The number of sulfonamides is 1. The van der Waals surface area contributed by atoms with Gasteiger partial charge < -0.3 is 4.74 Å². The van der Waals surface area contributed by atoms with Crippen molar-refractivity contribution in [3.63, 3.8) is 0 Å². The number of ether oxygens (including phenoxy) is 1. The molecule has 0 saturated carbocycles. The van der Waals surface area contributed by atoms with Crippen LogP contribution in [0.1, 0.15) is 25.5 Å². The van der Waals surface area contributed by atoms with Crippen LogP contribution in [-0.2, 0) is 10.0 Å². The third kappa shape index (κ3) is 4.30. The molecule has 0 radical (unpaired) electrons. The first kappa shape index (κ1) is 17.9. The fourth-order valence-electron chi connectivity index (χ4n) is 2.14. The Morgan fingerprint density at radius 1 is 1.12 bits per heavy atom. The minimum atomic E-state index is -3.77. The van der Waals surface area contributed by atoms with Gasteiger partial charge in [0.2, 0.25) is 10.0 Å². The summed E-state index contributed by atoms with van der Waals surface area (Å²) in [6.45, 7) is 4.16. The molecular weight excluding hydrogens is 332 g/mol. The van der Waals surface area contributed by atoms with Crippen molar-refractivity contribution in [3.8, 4) is 5.75 Å². The third-order valence-electron chi connectivity index (χ3n) is 3.38. The lowest BCUT2D eigenvalue weighted by Crippen LogP contribution is -2.26. The molecule has 0 saturated heterocycles. The molecule has 0 aliphatic carbocycles. The fourth-order valence-corrected chi connectivity index (χ4v) is 3.37. The molecule has 1 atom stereocenters. The first-order chi connectivity index (χ1) is 11.3. The Morgan fingerprint density at radius 3 is 2.21 bits per heavy atom. The van der Waals surface area contributed by atoms with Crippen LogP contribution in [0, 0.1) is 10.1 Å². The van der Waals surface area contributed by atoms with Gasteiger partial charge in [-0.15, -0.1) is 0 Å². The number of nitrogens with one attached hydrogen (secondary N) is 1. The number of non-ortho nitro benzene ring substituents is 1. The van der Waals surface area contributed by atoms with Gasteiger partial charge in [-0.3, -0.25) is 10.1 Å². The Hall–Kier alpha value is -2.45. The fraction of sp³-hybridized carbons (Fsp3) is 0.250. The maximum absolute atomic E-state index is 12.4. The summed E-state index contributed by atoms with van der Waals surface area (Å²) in [7, 11) is -3.77. The number of nitro benzene ring substituents is 1. The zero-order chi connectivity index (χ0) is 17.7. The number of benzene rings is 2. The molecule has 128 valence electrons. The van der Waals surface area contributed by atoms with E-state index in [1.807, 2.05) is 6.92 Å². The minimum absolute atomic E-state index is 0.0223. The second-order valence-electron chi connectivity index (χ2n) is 5.10. The second kappa shape index (κ2) is 7.41. The number of hydrogen-bond donors (Lipinski definition) is 1. The van der Waals surface area contributed by atoms with Crippen molar-refractivity contribution in [2.24, 2.45) is 0 Å². The Labute approximate surface area is 140 Å². The number of hydrogen-bond acceptors (Lipinski definition) is 5. The maximum Gasteiger partial charge on any atom is 0.269 e. The van der Waals surface area contributed by atoms with E-state index in [9.17, 15) is 18.5 Å². The van der Waals surface area contributed by atoms with Crippen molar-refractivity contribution in [2.45, 2.75) is 24.8 Å². The monoisotopic (exact) mass is 350 g/mol. The molecule has 24 heavy (non-hydrogen) atoms. The summed E-state index contributed by atoms with van der Waals surface area (Å²) < 4.78 is 32.6. The van der Waals surface area contributed by atoms with E-state index in [1.54, 1.807) is 31.2 Å². The topological polar surface area (TPSA) is 98.5 Å². The highest BCUT2D eigenvalue weighted by molar-refractivity contribution is 7.89. The van der Waals surface area contributed by atoms with Crippen molar-refractivity contribution in [1.29, 1.82) is 0 Å². The minimum Gasteiger partial charge on any atom is -0.494 e. The summed E-state index contributed by atoms with van der Waals surface area (Å²) in [6, 6.07) is 11.4. The zero-order valence-corrected chi connectivity index (χ0v) is 14.1. The van der Waals surface area contributed by atoms with Crippen molar-refractivity contribution in [2.75, 3.05) is 6.61 Å². The van der Waals surface area contributed by atoms with Crippen molar-refractivity contribution in [1.82, 2.24) is 4.72 Å². The standard InChI is InChI=1S/C16H18N2O5S/c1-3-23-15-8-4-13(5-9-15)12(2)17-24(21,22)16-10-6-14(7-11-16)18(19)20/h4-12,17H,3H2,1-2H3/t12-/m0/s1. The molecule has 2 aromatic carbocycles. The SMILES string of the molecule is CCOc1ccc([C@H](C)NS(=O)(=O)c2ccc([N+](=O)[O-])cc2)cc1.